The van der Waals surface area contributed by atoms with Gasteiger partial charge < -0.3 is 10.0 Å². The Kier molecular flexibility index (Phi) is 6.16. The van der Waals surface area contributed by atoms with Crippen LogP contribution in [0.15, 0.2) is 18.2 Å². The number of alkyl halides is 1. The number of halogens is 1. The van der Waals surface area contributed by atoms with Crippen LogP contribution in [0.2, 0.25) is 0 Å². The van der Waals surface area contributed by atoms with E-state index in [1.54, 1.807) is 17.0 Å². The van der Waals surface area contributed by atoms with Crippen molar-refractivity contribution in [2.45, 2.75) is 39.7 Å². The van der Waals surface area contributed by atoms with Gasteiger partial charge >= 0.3 is 0 Å². The van der Waals surface area contributed by atoms with Crippen molar-refractivity contribution in [1.29, 1.82) is 0 Å². The molecule has 1 rings (SSSR count). The van der Waals surface area contributed by atoms with Gasteiger partial charge in [0.05, 0.1) is 5.56 Å². The Balaban J connectivity index is 3.04. The fourth-order valence-corrected chi connectivity index (χ4v) is 2.43. The van der Waals surface area contributed by atoms with E-state index in [-0.39, 0.29) is 17.7 Å². The summed E-state index contributed by atoms with van der Waals surface area (Å²) < 4.78 is 0. The first kappa shape index (κ1) is 15.8. The standard InChI is InChI=1S/C15H22ClNO2/c1-4-12(5-2)17(9-8-16)15(19)13-7-6-11(3)10-14(13)18/h6-7,10,12,18H,4-5,8-9H2,1-3H3. The molecule has 1 N–H and O–H groups in total. The lowest BCUT2D eigenvalue weighted by Gasteiger charge is -2.30. The minimum absolute atomic E-state index is 0.0375. The highest BCUT2D eigenvalue weighted by Crippen LogP contribution is 2.22. The molecule has 0 aromatic heterocycles. The maximum absolute atomic E-state index is 12.5. The van der Waals surface area contributed by atoms with E-state index in [0.29, 0.717) is 18.0 Å². The summed E-state index contributed by atoms with van der Waals surface area (Å²) in [5.74, 6) is 0.289. The van der Waals surface area contributed by atoms with Crippen molar-refractivity contribution in [1.82, 2.24) is 4.90 Å². The number of amides is 1. The molecule has 0 bridgehead atoms. The van der Waals surface area contributed by atoms with Crippen LogP contribution < -0.4 is 0 Å². The summed E-state index contributed by atoms with van der Waals surface area (Å²) in [6.07, 6.45) is 1.76. The number of hydrogen-bond acceptors (Lipinski definition) is 2. The van der Waals surface area contributed by atoms with Gasteiger partial charge in [0.2, 0.25) is 0 Å². The molecular weight excluding hydrogens is 262 g/mol. The lowest BCUT2D eigenvalue weighted by molar-refractivity contribution is 0.0678. The van der Waals surface area contributed by atoms with Gasteiger partial charge in [0, 0.05) is 18.5 Å². The van der Waals surface area contributed by atoms with Crippen molar-refractivity contribution >= 4 is 17.5 Å². The zero-order valence-electron chi connectivity index (χ0n) is 11.8. The molecule has 0 aliphatic heterocycles. The highest BCUT2D eigenvalue weighted by atomic mass is 35.5. The van der Waals surface area contributed by atoms with Crippen LogP contribution in [0, 0.1) is 6.92 Å². The second-order valence-corrected chi connectivity index (χ2v) is 5.06. The minimum atomic E-state index is -0.146. The maximum atomic E-state index is 12.5. The third kappa shape index (κ3) is 3.87. The van der Waals surface area contributed by atoms with Crippen LogP contribution in [0.3, 0.4) is 0 Å². The van der Waals surface area contributed by atoms with E-state index in [9.17, 15) is 9.90 Å². The quantitative estimate of drug-likeness (QED) is 0.811. The molecular formula is C15H22ClNO2. The Labute approximate surface area is 120 Å². The van der Waals surface area contributed by atoms with Crippen LogP contribution in [0.1, 0.15) is 42.6 Å². The zero-order valence-corrected chi connectivity index (χ0v) is 12.6. The molecule has 0 heterocycles. The monoisotopic (exact) mass is 283 g/mol. The molecule has 0 unspecified atom stereocenters. The Bertz CT molecular complexity index is 430. The van der Waals surface area contributed by atoms with Crippen molar-refractivity contribution in [3.8, 4) is 5.75 Å². The summed E-state index contributed by atoms with van der Waals surface area (Å²) in [6.45, 7) is 6.49. The lowest BCUT2D eigenvalue weighted by Crippen LogP contribution is -2.41. The predicted octanol–water partition coefficient (Wildman–Crippen LogP) is 3.57. The zero-order chi connectivity index (χ0) is 14.4. The number of aromatic hydroxyl groups is 1. The third-order valence-electron chi connectivity index (χ3n) is 3.35. The molecule has 0 atom stereocenters. The largest absolute Gasteiger partial charge is 0.507 e. The first-order valence-electron chi connectivity index (χ1n) is 6.71. The predicted molar refractivity (Wildman–Crippen MR) is 79.0 cm³/mol. The Morgan fingerprint density at radius 2 is 2.00 bits per heavy atom. The molecule has 106 valence electrons. The van der Waals surface area contributed by atoms with Gasteiger partial charge in [-0.05, 0) is 37.5 Å². The SMILES string of the molecule is CCC(CC)N(CCCl)C(=O)c1ccc(C)cc1O. The van der Waals surface area contributed by atoms with Gasteiger partial charge in [-0.3, -0.25) is 4.79 Å². The molecule has 0 aliphatic carbocycles. The number of aryl methyl sites for hydroxylation is 1. The van der Waals surface area contributed by atoms with E-state index in [1.165, 1.54) is 0 Å². The molecule has 1 aromatic rings. The number of carbonyl (C=O) groups excluding carboxylic acids is 1. The van der Waals surface area contributed by atoms with Crippen LogP contribution in [0.5, 0.6) is 5.75 Å². The molecule has 1 amide bonds. The second-order valence-electron chi connectivity index (χ2n) is 4.68. The van der Waals surface area contributed by atoms with E-state index in [4.69, 9.17) is 11.6 Å². The molecule has 0 saturated heterocycles. The highest BCUT2D eigenvalue weighted by Gasteiger charge is 2.23. The number of phenolic OH excluding ortho intramolecular Hbond substituents is 1. The fraction of sp³-hybridized carbons (Fsp3) is 0.533. The van der Waals surface area contributed by atoms with Crippen LogP contribution in [-0.2, 0) is 0 Å². The summed E-state index contributed by atoms with van der Waals surface area (Å²) in [4.78, 5) is 14.3. The number of rotatable bonds is 6. The number of carbonyl (C=O) groups is 1. The van der Waals surface area contributed by atoms with E-state index < -0.39 is 0 Å². The molecule has 3 nitrogen and oxygen atoms in total. The van der Waals surface area contributed by atoms with Gasteiger partial charge in [-0.25, -0.2) is 0 Å². The van der Waals surface area contributed by atoms with Crippen molar-refractivity contribution in [2.24, 2.45) is 0 Å². The normalized spacial score (nSPS) is 10.8. The molecule has 0 saturated carbocycles. The lowest BCUT2D eigenvalue weighted by atomic mass is 10.1. The summed E-state index contributed by atoms with van der Waals surface area (Å²) in [5.41, 5.74) is 1.28. The van der Waals surface area contributed by atoms with Crippen LogP contribution >= 0.6 is 11.6 Å². The van der Waals surface area contributed by atoms with Crippen LogP contribution in [-0.4, -0.2) is 34.4 Å². The second kappa shape index (κ2) is 7.39. The topological polar surface area (TPSA) is 40.5 Å². The van der Waals surface area contributed by atoms with E-state index in [1.807, 2.05) is 13.0 Å². The summed E-state index contributed by atoms with van der Waals surface area (Å²) in [6, 6.07) is 5.28. The first-order chi connectivity index (χ1) is 9.04. The smallest absolute Gasteiger partial charge is 0.257 e. The summed E-state index contributed by atoms with van der Waals surface area (Å²) in [5, 5.41) is 9.93. The average Bonchev–Trinajstić information content (AvgIpc) is 2.38. The molecule has 4 heteroatoms. The minimum Gasteiger partial charge on any atom is -0.507 e. The summed E-state index contributed by atoms with van der Waals surface area (Å²) in [7, 11) is 0. The van der Waals surface area contributed by atoms with Gasteiger partial charge in [0.15, 0.2) is 0 Å². The van der Waals surface area contributed by atoms with Gasteiger partial charge in [-0.1, -0.05) is 19.9 Å². The van der Waals surface area contributed by atoms with Gasteiger partial charge in [0.25, 0.3) is 5.91 Å². The van der Waals surface area contributed by atoms with Crippen molar-refractivity contribution < 1.29 is 9.90 Å². The average molecular weight is 284 g/mol. The Morgan fingerprint density at radius 1 is 1.37 bits per heavy atom. The Hall–Kier alpha value is -1.22. The van der Waals surface area contributed by atoms with Crippen molar-refractivity contribution in [2.75, 3.05) is 12.4 Å². The van der Waals surface area contributed by atoms with Crippen molar-refractivity contribution in [3.05, 3.63) is 29.3 Å². The molecule has 0 spiro atoms. The van der Waals surface area contributed by atoms with Gasteiger partial charge in [-0.2, -0.15) is 0 Å². The summed E-state index contributed by atoms with van der Waals surface area (Å²) >= 11 is 5.79. The molecule has 1 aromatic carbocycles. The number of hydrogen-bond donors (Lipinski definition) is 1. The van der Waals surface area contributed by atoms with E-state index >= 15 is 0 Å². The maximum Gasteiger partial charge on any atom is 0.257 e. The van der Waals surface area contributed by atoms with E-state index in [0.717, 1.165) is 18.4 Å². The molecule has 19 heavy (non-hydrogen) atoms. The van der Waals surface area contributed by atoms with Crippen LogP contribution in [0.4, 0.5) is 0 Å². The highest BCUT2D eigenvalue weighted by molar-refractivity contribution is 6.18. The number of benzene rings is 1. The van der Waals surface area contributed by atoms with E-state index in [2.05, 4.69) is 13.8 Å². The molecule has 0 radical (unpaired) electrons. The molecule has 0 fully saturated rings. The third-order valence-corrected chi connectivity index (χ3v) is 3.52. The fourth-order valence-electron chi connectivity index (χ4n) is 2.25. The number of phenols is 1. The van der Waals surface area contributed by atoms with Crippen molar-refractivity contribution in [3.63, 3.8) is 0 Å². The van der Waals surface area contributed by atoms with Gasteiger partial charge in [-0.15, -0.1) is 11.6 Å². The molecule has 0 aliphatic rings. The van der Waals surface area contributed by atoms with Crippen LogP contribution in [0.25, 0.3) is 0 Å². The first-order valence-corrected chi connectivity index (χ1v) is 7.25. The Morgan fingerprint density at radius 3 is 2.47 bits per heavy atom. The van der Waals surface area contributed by atoms with Gasteiger partial charge in [0.1, 0.15) is 5.75 Å². The number of nitrogens with zero attached hydrogens (tertiary/aromatic N) is 1.